The highest BCUT2D eigenvalue weighted by Crippen LogP contribution is 2.73. The number of carbonyl (C=O) groups is 2. The van der Waals surface area contributed by atoms with E-state index in [0.29, 0.717) is 31.1 Å². The fourth-order valence-corrected chi connectivity index (χ4v) is 5.99. The van der Waals surface area contributed by atoms with Crippen molar-refractivity contribution in [2.75, 3.05) is 13.6 Å². The molecule has 2 bridgehead atoms. The molecule has 5 unspecified atom stereocenters. The molecule has 3 rings (SSSR count). The highest BCUT2D eigenvalue weighted by molar-refractivity contribution is 5.97. The Morgan fingerprint density at radius 2 is 2.16 bits per heavy atom. The van der Waals surface area contributed by atoms with Gasteiger partial charge in [0.1, 0.15) is 0 Å². The van der Waals surface area contributed by atoms with E-state index in [1.807, 2.05) is 0 Å². The highest BCUT2D eigenvalue weighted by atomic mass is 16.4. The van der Waals surface area contributed by atoms with E-state index in [1.165, 1.54) is 0 Å². The lowest BCUT2D eigenvalue weighted by Crippen LogP contribution is -2.55. The van der Waals surface area contributed by atoms with Crippen molar-refractivity contribution in [1.82, 2.24) is 5.32 Å². The van der Waals surface area contributed by atoms with Crippen LogP contribution in [0.4, 0.5) is 0 Å². The molecule has 2 fully saturated rings. The Morgan fingerprint density at radius 3 is 2.72 bits per heavy atom. The van der Waals surface area contributed by atoms with Crippen LogP contribution in [-0.2, 0) is 9.59 Å². The van der Waals surface area contributed by atoms with E-state index in [2.05, 4.69) is 24.2 Å². The summed E-state index contributed by atoms with van der Waals surface area (Å²) in [5, 5.41) is 23.7. The molecular formula is C18H27N3O4. The van der Waals surface area contributed by atoms with Gasteiger partial charge >= 0.3 is 5.97 Å². The largest absolute Gasteiger partial charge is 0.478 e. The predicted molar refractivity (Wildman–Crippen MR) is 92.9 cm³/mol. The van der Waals surface area contributed by atoms with Gasteiger partial charge in [0.25, 0.3) is 0 Å². The lowest BCUT2D eigenvalue weighted by atomic mass is 9.51. The first-order valence-electron chi connectivity index (χ1n) is 8.78. The molecule has 0 saturated heterocycles. The lowest BCUT2D eigenvalue weighted by Gasteiger charge is -2.53. The van der Waals surface area contributed by atoms with Crippen molar-refractivity contribution < 1.29 is 19.8 Å². The van der Waals surface area contributed by atoms with Gasteiger partial charge in [-0.25, -0.2) is 4.79 Å². The van der Waals surface area contributed by atoms with Gasteiger partial charge in [-0.2, -0.15) is 0 Å². The van der Waals surface area contributed by atoms with Crippen molar-refractivity contribution in [1.29, 1.82) is 0 Å². The van der Waals surface area contributed by atoms with Crippen LogP contribution >= 0.6 is 0 Å². The summed E-state index contributed by atoms with van der Waals surface area (Å²) in [4.78, 5) is 27.5. The van der Waals surface area contributed by atoms with Gasteiger partial charge in [-0.1, -0.05) is 13.8 Å². The summed E-state index contributed by atoms with van der Waals surface area (Å²) < 4.78 is 0. The van der Waals surface area contributed by atoms with Crippen LogP contribution in [0.2, 0.25) is 0 Å². The number of fused-ring (bicyclic) bond motifs is 1. The molecule has 7 nitrogen and oxygen atoms in total. The van der Waals surface area contributed by atoms with Crippen LogP contribution in [0.15, 0.2) is 16.1 Å². The number of guanidine groups is 1. The number of carboxylic acids is 1. The van der Waals surface area contributed by atoms with Gasteiger partial charge in [0.2, 0.25) is 0 Å². The van der Waals surface area contributed by atoms with Crippen molar-refractivity contribution in [3.05, 3.63) is 11.1 Å². The van der Waals surface area contributed by atoms with Gasteiger partial charge in [-0.05, 0) is 48.5 Å². The van der Waals surface area contributed by atoms with E-state index in [4.69, 9.17) is 5.73 Å². The fraction of sp³-hybridized carbons (Fsp3) is 0.722. The molecule has 5 N–H and O–H groups in total. The molecule has 7 heteroatoms. The molecular weight excluding hydrogens is 322 g/mol. The van der Waals surface area contributed by atoms with Crippen molar-refractivity contribution in [3.63, 3.8) is 0 Å². The average Bonchev–Trinajstić information content (AvgIpc) is 2.90. The van der Waals surface area contributed by atoms with Gasteiger partial charge in [0.15, 0.2) is 17.8 Å². The first-order chi connectivity index (χ1) is 11.7. The Balaban J connectivity index is 2.16. The maximum Gasteiger partial charge on any atom is 0.334 e. The van der Waals surface area contributed by atoms with E-state index in [1.54, 1.807) is 7.05 Å². The summed E-state index contributed by atoms with van der Waals surface area (Å²) >= 11 is 0. The van der Waals surface area contributed by atoms with Crippen molar-refractivity contribution >= 4 is 18.2 Å². The van der Waals surface area contributed by atoms with Crippen molar-refractivity contribution in [2.24, 2.45) is 33.4 Å². The minimum Gasteiger partial charge on any atom is -0.478 e. The monoisotopic (exact) mass is 349 g/mol. The highest BCUT2D eigenvalue weighted by Gasteiger charge is 2.71. The topological polar surface area (TPSA) is 125 Å². The van der Waals surface area contributed by atoms with Crippen LogP contribution in [0, 0.1) is 22.7 Å². The molecule has 0 heterocycles. The number of hydrogen-bond acceptors (Lipinski definition) is 4. The second-order valence-electron chi connectivity index (χ2n) is 8.11. The second-order valence-corrected chi connectivity index (χ2v) is 8.11. The van der Waals surface area contributed by atoms with Gasteiger partial charge in [-0.15, -0.1) is 0 Å². The zero-order valence-electron chi connectivity index (χ0n) is 15.0. The molecule has 2 saturated carbocycles. The van der Waals surface area contributed by atoms with Crippen LogP contribution in [0.5, 0.6) is 0 Å². The predicted octanol–water partition coefficient (Wildman–Crippen LogP) is 0.678. The molecule has 1 spiro atoms. The minimum atomic E-state index is -1.91. The van der Waals surface area contributed by atoms with E-state index in [0.717, 1.165) is 18.4 Å². The smallest absolute Gasteiger partial charge is 0.334 e. The molecule has 0 aromatic heterocycles. The van der Waals surface area contributed by atoms with Gasteiger partial charge in [0.05, 0.1) is 5.57 Å². The van der Waals surface area contributed by atoms with Crippen LogP contribution in [0.25, 0.3) is 0 Å². The molecule has 0 amide bonds. The Bertz CT molecular complexity index is 688. The maximum absolute atomic E-state index is 11.9. The number of nitrogens with one attached hydrogen (secondary N) is 1. The van der Waals surface area contributed by atoms with Gasteiger partial charge < -0.3 is 21.3 Å². The number of aliphatic carboxylic acids is 1. The number of allylic oxidation sites excluding steroid dienone is 1. The quantitative estimate of drug-likeness (QED) is 0.336. The molecule has 0 aliphatic heterocycles. The first kappa shape index (κ1) is 17.9. The third-order valence-electron chi connectivity index (χ3n) is 7.27. The molecule has 25 heavy (non-hydrogen) atoms. The molecule has 0 aromatic carbocycles. The summed E-state index contributed by atoms with van der Waals surface area (Å²) in [6.45, 7) is 4.77. The number of carboxylic acid groups (broad SMARTS) is 1. The van der Waals surface area contributed by atoms with E-state index in [-0.39, 0.29) is 23.3 Å². The minimum absolute atomic E-state index is 0.0953. The Morgan fingerprint density at radius 1 is 1.48 bits per heavy atom. The SMILES string of the molecule is CN=C(N)NCC1(C)C2CCC(C)C13CC(O)(C=O)C(C(=O)O)=C3C2. The third kappa shape index (κ3) is 2.11. The number of aliphatic hydroxyl groups is 1. The Kier molecular flexibility index (Phi) is 3.98. The van der Waals surface area contributed by atoms with E-state index in [9.17, 15) is 19.8 Å². The summed E-state index contributed by atoms with van der Waals surface area (Å²) in [5.41, 5.74) is 3.75. The van der Waals surface area contributed by atoms with E-state index >= 15 is 0 Å². The summed E-state index contributed by atoms with van der Waals surface area (Å²) in [7, 11) is 1.61. The number of nitrogens with two attached hydrogens (primary N) is 1. The zero-order chi connectivity index (χ0) is 18.6. The number of carbonyl (C=O) groups excluding carboxylic acids is 1. The fourth-order valence-electron chi connectivity index (χ4n) is 5.99. The summed E-state index contributed by atoms with van der Waals surface area (Å²) in [6.07, 6.45) is 3.12. The molecule has 3 aliphatic carbocycles. The average molecular weight is 349 g/mol. The number of rotatable bonds is 4. The van der Waals surface area contributed by atoms with Crippen LogP contribution in [-0.4, -0.2) is 47.6 Å². The first-order valence-corrected chi connectivity index (χ1v) is 8.78. The van der Waals surface area contributed by atoms with Crippen LogP contribution < -0.4 is 11.1 Å². The van der Waals surface area contributed by atoms with E-state index < -0.39 is 17.0 Å². The van der Waals surface area contributed by atoms with Crippen LogP contribution in [0.3, 0.4) is 0 Å². The Hall–Kier alpha value is -1.89. The second kappa shape index (κ2) is 5.56. The van der Waals surface area contributed by atoms with Gasteiger partial charge in [0, 0.05) is 19.0 Å². The van der Waals surface area contributed by atoms with Gasteiger partial charge in [-0.3, -0.25) is 9.79 Å². The van der Waals surface area contributed by atoms with Crippen molar-refractivity contribution in [2.45, 2.75) is 45.1 Å². The summed E-state index contributed by atoms with van der Waals surface area (Å²) in [6, 6.07) is 0. The number of aldehydes is 1. The molecule has 0 radical (unpaired) electrons. The maximum atomic E-state index is 11.9. The molecule has 0 aromatic rings. The van der Waals surface area contributed by atoms with Crippen molar-refractivity contribution in [3.8, 4) is 0 Å². The zero-order valence-corrected chi connectivity index (χ0v) is 15.0. The normalized spacial score (nSPS) is 43.1. The lowest BCUT2D eigenvalue weighted by molar-refractivity contribution is -0.139. The number of nitrogens with zero attached hydrogens (tertiary/aromatic N) is 1. The molecule has 138 valence electrons. The standard InChI is InChI=1S/C18H27N3O4/c1-10-4-5-11-6-12-13(14(23)24)17(25,9-22)7-18(10,12)16(11,2)8-21-15(19)20-3/h9-11,25H,4-8H2,1-3H3,(H,23,24)(H3,19,20,21). The Labute approximate surface area is 147 Å². The molecule has 3 aliphatic rings. The third-order valence-corrected chi connectivity index (χ3v) is 7.27. The molecule has 5 atom stereocenters. The number of hydrogen-bond donors (Lipinski definition) is 4. The summed E-state index contributed by atoms with van der Waals surface area (Å²) in [5.74, 6) is -0.383. The van der Waals surface area contributed by atoms with Crippen LogP contribution in [0.1, 0.15) is 39.5 Å². The number of aliphatic imine (C=N–C) groups is 1.